The smallest absolute Gasteiger partial charge is 0.142 e. The average molecular weight is 330 g/mol. The van der Waals surface area contributed by atoms with Crippen molar-refractivity contribution >= 4 is 13.6 Å². The van der Waals surface area contributed by atoms with E-state index in [1.54, 1.807) is 0 Å². The largest absolute Gasteiger partial charge is 0.399 e. The van der Waals surface area contributed by atoms with Gasteiger partial charge in [-0.1, -0.05) is 13.8 Å². The van der Waals surface area contributed by atoms with Gasteiger partial charge in [-0.2, -0.15) is 0 Å². The van der Waals surface area contributed by atoms with Crippen molar-refractivity contribution in [3.8, 4) is 0 Å². The fourth-order valence-corrected chi connectivity index (χ4v) is 8.10. The molecule has 0 spiro atoms. The minimum atomic E-state index is -0.437. The molecule has 0 aromatic carbocycles. The van der Waals surface area contributed by atoms with Gasteiger partial charge in [0.05, 0.1) is 0 Å². The molecule has 0 amide bonds. The number of hydrogen-bond acceptors (Lipinski definition) is 2. The number of carbonyl (C=O) groups is 1. The highest BCUT2D eigenvalue weighted by atomic mass is 16.3. The second-order valence-electron chi connectivity index (χ2n) is 10.6. The van der Waals surface area contributed by atoms with Crippen LogP contribution in [0.5, 0.6) is 0 Å². The maximum atomic E-state index is 12.2. The van der Waals surface area contributed by atoms with Gasteiger partial charge in [-0.25, -0.2) is 0 Å². The van der Waals surface area contributed by atoms with Crippen LogP contribution in [-0.2, 0) is 4.79 Å². The molecular formula is C21H35BO2. The number of rotatable bonds is 1. The zero-order valence-corrected chi connectivity index (χ0v) is 16.1. The summed E-state index contributed by atoms with van der Waals surface area (Å²) in [6.07, 6.45) is 10.8. The number of hydrogen-bond donors (Lipinski definition) is 1. The third-order valence-electron chi connectivity index (χ3n) is 9.44. The molecule has 8 atom stereocenters. The van der Waals surface area contributed by atoms with E-state index in [1.807, 2.05) is 14.8 Å². The van der Waals surface area contributed by atoms with Crippen LogP contribution in [0.4, 0.5) is 0 Å². The molecule has 3 heteroatoms. The van der Waals surface area contributed by atoms with Crippen molar-refractivity contribution in [2.24, 2.45) is 40.4 Å². The molecule has 4 aliphatic rings. The maximum Gasteiger partial charge on any atom is 0.142 e. The second kappa shape index (κ2) is 5.35. The molecule has 0 heterocycles. The predicted molar refractivity (Wildman–Crippen MR) is 99.4 cm³/mol. The highest BCUT2D eigenvalue weighted by Gasteiger charge is 2.61. The highest BCUT2D eigenvalue weighted by molar-refractivity contribution is 6.14. The first kappa shape index (κ1) is 17.1. The lowest BCUT2D eigenvalue weighted by molar-refractivity contribution is -0.141. The first-order valence-electron chi connectivity index (χ1n) is 10.4. The minimum absolute atomic E-state index is 0.274. The van der Waals surface area contributed by atoms with Gasteiger partial charge in [-0.05, 0) is 99.2 Å². The Balaban J connectivity index is 1.61. The van der Waals surface area contributed by atoms with Crippen molar-refractivity contribution in [1.82, 2.24) is 0 Å². The Morgan fingerprint density at radius 1 is 0.958 bits per heavy atom. The van der Waals surface area contributed by atoms with E-state index in [1.165, 1.54) is 38.5 Å². The van der Waals surface area contributed by atoms with Gasteiger partial charge in [0.15, 0.2) is 0 Å². The first-order chi connectivity index (χ1) is 11.2. The Morgan fingerprint density at radius 2 is 1.67 bits per heavy atom. The van der Waals surface area contributed by atoms with E-state index in [4.69, 9.17) is 0 Å². The molecule has 134 valence electrons. The third-order valence-corrected chi connectivity index (χ3v) is 9.44. The number of ketones is 1. The summed E-state index contributed by atoms with van der Waals surface area (Å²) < 4.78 is 0. The Bertz CT molecular complexity index is 544. The third kappa shape index (κ3) is 2.29. The van der Waals surface area contributed by atoms with Crippen molar-refractivity contribution in [2.45, 2.75) is 84.1 Å². The summed E-state index contributed by atoms with van der Waals surface area (Å²) in [5.74, 6) is 3.89. The van der Waals surface area contributed by atoms with Crippen LogP contribution in [0.15, 0.2) is 0 Å². The Kier molecular flexibility index (Phi) is 3.82. The van der Waals surface area contributed by atoms with Gasteiger partial charge >= 0.3 is 0 Å². The summed E-state index contributed by atoms with van der Waals surface area (Å²) >= 11 is 0. The molecule has 2 nitrogen and oxygen atoms in total. The van der Waals surface area contributed by atoms with Crippen molar-refractivity contribution in [3.63, 3.8) is 0 Å². The summed E-state index contributed by atoms with van der Waals surface area (Å²) in [6, 6.07) is 0. The minimum Gasteiger partial charge on any atom is -0.399 e. The summed E-state index contributed by atoms with van der Waals surface area (Å²) in [6.45, 7) is 6.81. The van der Waals surface area contributed by atoms with E-state index in [9.17, 15) is 9.90 Å². The van der Waals surface area contributed by atoms with Gasteiger partial charge < -0.3 is 5.11 Å². The molecule has 0 aromatic heterocycles. The molecule has 4 saturated carbocycles. The monoisotopic (exact) mass is 330 g/mol. The van der Waals surface area contributed by atoms with E-state index in [2.05, 4.69) is 13.8 Å². The van der Waals surface area contributed by atoms with Crippen molar-refractivity contribution in [2.75, 3.05) is 0 Å². The first-order valence-corrected chi connectivity index (χ1v) is 10.4. The quantitative estimate of drug-likeness (QED) is 0.747. The number of fused-ring (bicyclic) bond motifs is 5. The van der Waals surface area contributed by atoms with Crippen LogP contribution in [0.3, 0.4) is 0 Å². The SMILES string of the molecule is B[C@@]1(O)CC[C@@]2(C)[C@@H](CC[C@@H]3[C@@H]2CC[C@]2(C)[C@@H](C(C)=O)CC[C@@H]32)C1. The molecule has 1 N–H and O–H groups in total. The van der Waals surface area contributed by atoms with Crippen LogP contribution in [0, 0.1) is 40.4 Å². The topological polar surface area (TPSA) is 37.3 Å². The van der Waals surface area contributed by atoms with E-state index in [-0.39, 0.29) is 5.41 Å². The Labute approximate surface area is 148 Å². The van der Waals surface area contributed by atoms with Crippen molar-refractivity contribution in [3.05, 3.63) is 0 Å². The second-order valence-corrected chi connectivity index (χ2v) is 10.6. The van der Waals surface area contributed by atoms with Gasteiger partial charge in [-0.15, -0.1) is 0 Å². The molecular weight excluding hydrogens is 295 g/mol. The summed E-state index contributed by atoms with van der Waals surface area (Å²) in [7, 11) is 2.05. The molecule has 0 bridgehead atoms. The number of carbonyl (C=O) groups excluding carboxylic acids is 1. The molecule has 24 heavy (non-hydrogen) atoms. The van der Waals surface area contributed by atoms with Crippen molar-refractivity contribution < 1.29 is 9.90 Å². The molecule has 0 aliphatic heterocycles. The Morgan fingerprint density at radius 3 is 2.38 bits per heavy atom. The van der Waals surface area contributed by atoms with Crippen LogP contribution in [0.1, 0.15) is 78.6 Å². The molecule has 4 rings (SSSR count). The summed E-state index contributed by atoms with van der Waals surface area (Å²) in [4.78, 5) is 12.2. The fraction of sp³-hybridized carbons (Fsp3) is 0.952. The number of aliphatic hydroxyl groups is 1. The summed E-state index contributed by atoms with van der Waals surface area (Å²) in [5.41, 5.74) is 0.268. The molecule has 4 fully saturated rings. The normalized spacial score (nSPS) is 56.9. The molecule has 0 unspecified atom stereocenters. The van der Waals surface area contributed by atoms with Gasteiger partial charge in [0.25, 0.3) is 0 Å². The lowest BCUT2D eigenvalue weighted by Gasteiger charge is -2.62. The average Bonchev–Trinajstić information content (AvgIpc) is 2.85. The number of Topliss-reactive ketones (excluding diaryl/α,β-unsaturated/α-hetero) is 1. The van der Waals surface area contributed by atoms with Gasteiger partial charge in [0.1, 0.15) is 13.6 Å². The Hall–Kier alpha value is -0.305. The van der Waals surface area contributed by atoms with Gasteiger partial charge in [0, 0.05) is 11.4 Å². The van der Waals surface area contributed by atoms with Crippen LogP contribution in [0.2, 0.25) is 0 Å². The predicted octanol–water partition coefficient (Wildman–Crippen LogP) is 3.56. The maximum absolute atomic E-state index is 12.2. The van der Waals surface area contributed by atoms with Crippen LogP contribution in [-0.4, -0.2) is 24.2 Å². The van der Waals surface area contributed by atoms with E-state index >= 15 is 0 Å². The van der Waals surface area contributed by atoms with E-state index in [0.29, 0.717) is 23.0 Å². The molecule has 0 aromatic rings. The molecule has 0 radical (unpaired) electrons. The zero-order chi connectivity index (χ0) is 17.3. The molecule has 4 aliphatic carbocycles. The highest BCUT2D eigenvalue weighted by Crippen LogP contribution is 2.67. The van der Waals surface area contributed by atoms with Crippen LogP contribution >= 0.6 is 0 Å². The lowest BCUT2D eigenvalue weighted by Crippen LogP contribution is -2.56. The van der Waals surface area contributed by atoms with Gasteiger partial charge in [-0.3, -0.25) is 4.79 Å². The standard InChI is InChI=1S/C21H35BO2/c1-13(23)16-6-7-17-15-5-4-14-12-21(22,24)11-10-19(14,2)18(15)8-9-20(16,17)3/h14-18,24H,4-12,22H2,1-3H3/t14-,15-,16+,17-,18-,19-,20+,21+/m0/s1. The van der Waals surface area contributed by atoms with Crippen molar-refractivity contribution in [1.29, 1.82) is 0 Å². The van der Waals surface area contributed by atoms with E-state index < -0.39 is 5.50 Å². The van der Waals surface area contributed by atoms with Crippen LogP contribution in [0.25, 0.3) is 0 Å². The zero-order valence-electron chi connectivity index (χ0n) is 16.1. The fourth-order valence-electron chi connectivity index (χ4n) is 8.10. The van der Waals surface area contributed by atoms with Gasteiger partial charge in [0.2, 0.25) is 0 Å². The van der Waals surface area contributed by atoms with Crippen LogP contribution < -0.4 is 0 Å². The lowest BCUT2D eigenvalue weighted by atomic mass is 9.42. The van der Waals surface area contributed by atoms with E-state index in [0.717, 1.165) is 37.0 Å². The summed E-state index contributed by atoms with van der Waals surface area (Å²) in [5, 5.41) is 10.6. The molecule has 0 saturated heterocycles.